The molecule has 0 aromatic carbocycles. The number of nitrogens with one attached hydrogen (secondary N) is 2. The lowest BCUT2D eigenvalue weighted by molar-refractivity contribution is -0.127. The van der Waals surface area contributed by atoms with Crippen molar-refractivity contribution in [3.05, 3.63) is 0 Å². The Kier molecular flexibility index (Phi) is 16.8. The minimum Gasteiger partial charge on any atom is -0.381 e. The van der Waals surface area contributed by atoms with Crippen LogP contribution in [0.2, 0.25) is 0 Å². The lowest BCUT2D eigenvalue weighted by Gasteiger charge is -2.21. The van der Waals surface area contributed by atoms with Crippen molar-refractivity contribution in [2.75, 3.05) is 26.8 Å². The summed E-state index contributed by atoms with van der Waals surface area (Å²) >= 11 is 0. The molecule has 0 unspecified atom stereocenters. The quantitative estimate of drug-likeness (QED) is 0.492. The van der Waals surface area contributed by atoms with Gasteiger partial charge in [0.05, 0.1) is 0 Å². The molecule has 0 heterocycles. The van der Waals surface area contributed by atoms with Gasteiger partial charge < -0.3 is 15.4 Å². The third-order valence-electron chi connectivity index (χ3n) is 4.80. The van der Waals surface area contributed by atoms with Crippen LogP contribution in [0, 0.1) is 11.8 Å². The third kappa shape index (κ3) is 14.6. The smallest absolute Gasteiger partial charge is 0.220 e. The van der Waals surface area contributed by atoms with E-state index in [9.17, 15) is 14.4 Å². The van der Waals surface area contributed by atoms with E-state index in [1.54, 1.807) is 7.05 Å². The fourth-order valence-corrected chi connectivity index (χ4v) is 3.13. The van der Waals surface area contributed by atoms with Gasteiger partial charge in [-0.3, -0.25) is 14.4 Å². The number of hydrogen-bond donors (Lipinski definition) is 2. The van der Waals surface area contributed by atoms with Gasteiger partial charge in [-0.2, -0.15) is 0 Å². The Morgan fingerprint density at radius 2 is 1.61 bits per heavy atom. The van der Waals surface area contributed by atoms with Crippen LogP contribution in [0.4, 0.5) is 0 Å². The molecular formula is C22H42N2O4. The summed E-state index contributed by atoms with van der Waals surface area (Å²) in [4.78, 5) is 33.7. The van der Waals surface area contributed by atoms with E-state index in [4.69, 9.17) is 4.74 Å². The first-order valence-corrected chi connectivity index (χ1v) is 11.0. The standard InChI is InChI=1S/C12H24N2O3.C10H18O/c1-3-9-17-10-5-8-14-12(16)7-4-6-11(15)13-2;1-8(2)10(11)9-6-4-3-5-7-9/h3-10H2,1-2H3,(H,13,15)(H,14,16);8-9H,3-7H2,1-2H3. The predicted molar refractivity (Wildman–Crippen MR) is 113 cm³/mol. The predicted octanol–water partition coefficient (Wildman–Crippen LogP) is 3.63. The third-order valence-corrected chi connectivity index (χ3v) is 4.80. The Hall–Kier alpha value is -1.43. The average molecular weight is 399 g/mol. The highest BCUT2D eigenvalue weighted by molar-refractivity contribution is 5.82. The molecule has 28 heavy (non-hydrogen) atoms. The van der Waals surface area contributed by atoms with Crippen LogP contribution in [0.3, 0.4) is 0 Å². The Morgan fingerprint density at radius 1 is 0.964 bits per heavy atom. The van der Waals surface area contributed by atoms with Crippen molar-refractivity contribution >= 4 is 17.6 Å². The first-order valence-electron chi connectivity index (χ1n) is 11.0. The van der Waals surface area contributed by atoms with E-state index in [2.05, 4.69) is 17.6 Å². The lowest BCUT2D eigenvalue weighted by Crippen LogP contribution is -2.25. The van der Waals surface area contributed by atoms with Gasteiger partial charge in [-0.15, -0.1) is 0 Å². The van der Waals surface area contributed by atoms with Gasteiger partial charge >= 0.3 is 0 Å². The average Bonchev–Trinajstić information content (AvgIpc) is 2.71. The molecule has 6 heteroatoms. The van der Waals surface area contributed by atoms with Gasteiger partial charge in [-0.05, 0) is 32.1 Å². The maximum Gasteiger partial charge on any atom is 0.220 e. The lowest BCUT2D eigenvalue weighted by atomic mass is 9.83. The highest BCUT2D eigenvalue weighted by Crippen LogP contribution is 2.26. The first kappa shape index (κ1) is 26.6. The fraction of sp³-hybridized carbons (Fsp3) is 0.864. The Bertz CT molecular complexity index is 432. The summed E-state index contributed by atoms with van der Waals surface area (Å²) in [6, 6.07) is 0. The molecule has 1 rings (SSSR count). The maximum absolute atomic E-state index is 11.5. The topological polar surface area (TPSA) is 84.5 Å². The number of hydrogen-bond acceptors (Lipinski definition) is 4. The molecule has 2 amide bonds. The molecule has 0 spiro atoms. The number of ether oxygens (including phenoxy) is 1. The molecule has 2 N–H and O–H groups in total. The second-order valence-corrected chi connectivity index (χ2v) is 7.73. The first-order chi connectivity index (χ1) is 13.4. The van der Waals surface area contributed by atoms with Crippen LogP contribution in [-0.4, -0.2) is 44.4 Å². The van der Waals surface area contributed by atoms with Crippen LogP contribution in [0.5, 0.6) is 0 Å². The van der Waals surface area contributed by atoms with E-state index in [1.165, 1.54) is 19.3 Å². The van der Waals surface area contributed by atoms with Gasteiger partial charge in [0.15, 0.2) is 0 Å². The second kappa shape index (κ2) is 17.7. The van der Waals surface area contributed by atoms with Crippen molar-refractivity contribution in [2.45, 2.75) is 85.0 Å². The minimum atomic E-state index is -0.0224. The Balaban J connectivity index is 0.000000567. The molecule has 6 nitrogen and oxygen atoms in total. The zero-order chi connectivity index (χ0) is 21.2. The molecule has 0 aliphatic heterocycles. The van der Waals surface area contributed by atoms with Crippen LogP contribution < -0.4 is 10.6 Å². The fourth-order valence-electron chi connectivity index (χ4n) is 3.13. The monoisotopic (exact) mass is 398 g/mol. The summed E-state index contributed by atoms with van der Waals surface area (Å²) in [5.41, 5.74) is 0. The number of amides is 2. The number of carbonyl (C=O) groups is 3. The van der Waals surface area contributed by atoms with Gasteiger partial charge in [-0.1, -0.05) is 40.0 Å². The van der Waals surface area contributed by atoms with Crippen molar-refractivity contribution in [1.29, 1.82) is 0 Å². The number of Topliss-reactive ketones (excluding diaryl/α,β-unsaturated/α-hetero) is 1. The molecule has 0 saturated heterocycles. The van der Waals surface area contributed by atoms with Gasteiger partial charge in [0.25, 0.3) is 0 Å². The van der Waals surface area contributed by atoms with Crippen molar-refractivity contribution in [3.63, 3.8) is 0 Å². The summed E-state index contributed by atoms with van der Waals surface area (Å²) in [5, 5.41) is 5.32. The largest absolute Gasteiger partial charge is 0.381 e. The molecule has 1 fully saturated rings. The summed E-state index contributed by atoms with van der Waals surface area (Å²) in [7, 11) is 1.60. The van der Waals surface area contributed by atoms with Gasteiger partial charge in [0, 0.05) is 51.5 Å². The molecule has 0 bridgehead atoms. The molecule has 0 radical (unpaired) electrons. The van der Waals surface area contributed by atoms with Crippen LogP contribution >= 0.6 is 0 Å². The van der Waals surface area contributed by atoms with Crippen molar-refractivity contribution in [1.82, 2.24) is 10.6 Å². The maximum atomic E-state index is 11.5. The molecule has 0 aromatic rings. The number of ketones is 1. The van der Waals surface area contributed by atoms with E-state index < -0.39 is 0 Å². The van der Waals surface area contributed by atoms with Crippen LogP contribution in [-0.2, 0) is 19.1 Å². The highest BCUT2D eigenvalue weighted by Gasteiger charge is 2.22. The summed E-state index contributed by atoms with van der Waals surface area (Å²) in [5.74, 6) is 1.13. The molecule has 0 atom stereocenters. The zero-order valence-electron chi connectivity index (χ0n) is 18.5. The van der Waals surface area contributed by atoms with E-state index in [1.807, 2.05) is 13.8 Å². The van der Waals surface area contributed by atoms with Crippen molar-refractivity contribution < 1.29 is 19.1 Å². The molecule has 1 aliphatic rings. The number of rotatable bonds is 12. The Labute approximate surface area is 171 Å². The molecule has 164 valence electrons. The van der Waals surface area contributed by atoms with Crippen molar-refractivity contribution in [3.8, 4) is 0 Å². The van der Waals surface area contributed by atoms with E-state index in [0.717, 1.165) is 32.3 Å². The molecular weight excluding hydrogens is 356 g/mol. The summed E-state index contributed by atoms with van der Waals surface area (Å²) in [6.07, 6.45) is 9.43. The van der Waals surface area contributed by atoms with Crippen LogP contribution in [0.1, 0.15) is 85.0 Å². The molecule has 0 aromatic heterocycles. The van der Waals surface area contributed by atoms with E-state index in [0.29, 0.717) is 44.1 Å². The number of carbonyl (C=O) groups excluding carboxylic acids is 3. The zero-order valence-corrected chi connectivity index (χ0v) is 18.5. The Morgan fingerprint density at radius 3 is 2.18 bits per heavy atom. The normalized spacial score (nSPS) is 14.2. The van der Waals surface area contributed by atoms with Gasteiger partial charge in [0.1, 0.15) is 5.78 Å². The summed E-state index contributed by atoms with van der Waals surface area (Å²) < 4.78 is 5.29. The van der Waals surface area contributed by atoms with Gasteiger partial charge in [-0.25, -0.2) is 0 Å². The SMILES string of the molecule is CC(C)C(=O)C1CCCCC1.CCCOCCCNC(=O)CCCC(=O)NC. The van der Waals surface area contributed by atoms with Crippen LogP contribution in [0.15, 0.2) is 0 Å². The second-order valence-electron chi connectivity index (χ2n) is 7.73. The van der Waals surface area contributed by atoms with Crippen LogP contribution in [0.25, 0.3) is 0 Å². The highest BCUT2D eigenvalue weighted by atomic mass is 16.5. The minimum absolute atomic E-state index is 0.00407. The van der Waals surface area contributed by atoms with E-state index >= 15 is 0 Å². The molecule has 1 aliphatic carbocycles. The van der Waals surface area contributed by atoms with Gasteiger partial charge in [0.2, 0.25) is 11.8 Å². The van der Waals surface area contributed by atoms with E-state index in [-0.39, 0.29) is 17.7 Å². The summed E-state index contributed by atoms with van der Waals surface area (Å²) in [6.45, 7) is 8.19. The van der Waals surface area contributed by atoms with Crippen molar-refractivity contribution in [2.24, 2.45) is 11.8 Å². The molecule has 1 saturated carbocycles.